The van der Waals surface area contributed by atoms with Crippen LogP contribution in [0.4, 0.5) is 0 Å². The van der Waals surface area contributed by atoms with Crippen molar-refractivity contribution in [1.29, 1.82) is 0 Å². The summed E-state index contributed by atoms with van der Waals surface area (Å²) in [5.41, 5.74) is 2.09. The van der Waals surface area contributed by atoms with Crippen LogP contribution in [0.1, 0.15) is 35.9 Å². The van der Waals surface area contributed by atoms with Crippen LogP contribution in [0, 0.1) is 6.92 Å². The standard InChI is InChI=1S/C20H26N4O4/c1-4-23(12-19(25)26)16-10-14(11-16)21-20(27)18-9-13(2)24(22-18)15-5-7-17(28-3)8-6-15/h5-9,14,16H,4,10-12H2,1-3H3,(H,21,27)(H,25,26). The van der Waals surface area contributed by atoms with E-state index in [0.717, 1.165) is 30.0 Å². The maximum atomic E-state index is 12.6. The highest BCUT2D eigenvalue weighted by molar-refractivity contribution is 5.92. The van der Waals surface area contributed by atoms with Crippen LogP contribution >= 0.6 is 0 Å². The van der Waals surface area contributed by atoms with E-state index in [1.54, 1.807) is 17.9 Å². The van der Waals surface area contributed by atoms with E-state index >= 15 is 0 Å². The first kappa shape index (κ1) is 19.9. The molecule has 8 heteroatoms. The molecule has 0 saturated heterocycles. The summed E-state index contributed by atoms with van der Waals surface area (Å²) >= 11 is 0. The number of ether oxygens (including phenoxy) is 1. The zero-order valence-corrected chi connectivity index (χ0v) is 16.4. The van der Waals surface area contributed by atoms with Crippen molar-refractivity contribution in [2.75, 3.05) is 20.2 Å². The van der Waals surface area contributed by atoms with Gasteiger partial charge >= 0.3 is 5.97 Å². The number of rotatable bonds is 8. The average molecular weight is 386 g/mol. The molecule has 1 fully saturated rings. The van der Waals surface area contributed by atoms with E-state index < -0.39 is 5.97 Å². The van der Waals surface area contributed by atoms with Crippen molar-refractivity contribution in [1.82, 2.24) is 20.0 Å². The molecule has 0 radical (unpaired) electrons. The van der Waals surface area contributed by atoms with Gasteiger partial charge in [0.05, 0.1) is 19.3 Å². The zero-order chi connectivity index (χ0) is 20.3. The molecule has 28 heavy (non-hydrogen) atoms. The highest BCUT2D eigenvalue weighted by Crippen LogP contribution is 2.26. The first-order valence-electron chi connectivity index (χ1n) is 9.39. The molecule has 1 aliphatic rings. The highest BCUT2D eigenvalue weighted by atomic mass is 16.5. The van der Waals surface area contributed by atoms with Crippen LogP contribution in [-0.2, 0) is 4.79 Å². The van der Waals surface area contributed by atoms with E-state index in [-0.39, 0.29) is 24.5 Å². The third-order valence-corrected chi connectivity index (χ3v) is 5.15. The number of carbonyl (C=O) groups is 2. The Balaban J connectivity index is 1.59. The van der Waals surface area contributed by atoms with Crippen LogP contribution in [-0.4, -0.2) is 63.9 Å². The predicted octanol–water partition coefficient (Wildman–Crippen LogP) is 1.86. The zero-order valence-electron chi connectivity index (χ0n) is 16.4. The molecule has 1 heterocycles. The van der Waals surface area contributed by atoms with Crippen LogP contribution in [0.25, 0.3) is 5.69 Å². The number of hydrogen-bond donors (Lipinski definition) is 2. The predicted molar refractivity (Wildman–Crippen MR) is 104 cm³/mol. The Morgan fingerprint density at radius 1 is 1.32 bits per heavy atom. The van der Waals surface area contributed by atoms with Crippen LogP contribution in [0.5, 0.6) is 5.75 Å². The number of carboxylic acid groups (broad SMARTS) is 1. The van der Waals surface area contributed by atoms with Gasteiger partial charge in [0.1, 0.15) is 5.75 Å². The fourth-order valence-corrected chi connectivity index (χ4v) is 3.51. The quantitative estimate of drug-likeness (QED) is 0.719. The summed E-state index contributed by atoms with van der Waals surface area (Å²) in [4.78, 5) is 25.4. The number of aliphatic carboxylic acids is 1. The lowest BCUT2D eigenvalue weighted by Crippen LogP contribution is -2.54. The minimum absolute atomic E-state index is 0.0350. The van der Waals surface area contributed by atoms with Crippen LogP contribution in [0.3, 0.4) is 0 Å². The van der Waals surface area contributed by atoms with Crippen molar-refractivity contribution in [3.8, 4) is 11.4 Å². The SMILES string of the molecule is CCN(CC(=O)O)C1CC(NC(=O)c2cc(C)n(-c3ccc(OC)cc3)n2)C1. The molecule has 2 N–H and O–H groups in total. The Labute approximate surface area is 164 Å². The summed E-state index contributed by atoms with van der Waals surface area (Å²) in [5.74, 6) is -0.274. The van der Waals surface area contributed by atoms with Gasteiger partial charge in [-0.05, 0) is 56.6 Å². The molecular weight excluding hydrogens is 360 g/mol. The lowest BCUT2D eigenvalue weighted by atomic mass is 9.85. The molecule has 1 aromatic carbocycles. The Morgan fingerprint density at radius 3 is 2.57 bits per heavy atom. The molecule has 1 amide bonds. The van der Waals surface area contributed by atoms with Crippen molar-refractivity contribution in [2.45, 2.75) is 38.8 Å². The molecule has 150 valence electrons. The minimum atomic E-state index is -0.825. The Hall–Kier alpha value is -2.87. The van der Waals surface area contributed by atoms with Gasteiger partial charge in [-0.3, -0.25) is 14.5 Å². The molecule has 1 aliphatic carbocycles. The van der Waals surface area contributed by atoms with Gasteiger partial charge in [0.25, 0.3) is 5.91 Å². The topological polar surface area (TPSA) is 96.7 Å². The third-order valence-electron chi connectivity index (χ3n) is 5.15. The first-order valence-corrected chi connectivity index (χ1v) is 9.39. The lowest BCUT2D eigenvalue weighted by Gasteiger charge is -2.42. The summed E-state index contributed by atoms with van der Waals surface area (Å²) in [7, 11) is 1.61. The first-order chi connectivity index (χ1) is 13.4. The van der Waals surface area contributed by atoms with E-state index in [0.29, 0.717) is 12.2 Å². The molecule has 0 bridgehead atoms. The maximum Gasteiger partial charge on any atom is 0.317 e. The van der Waals surface area contributed by atoms with Gasteiger partial charge in [0, 0.05) is 17.8 Å². The van der Waals surface area contributed by atoms with E-state index in [1.807, 2.05) is 43.0 Å². The summed E-state index contributed by atoms with van der Waals surface area (Å²) < 4.78 is 6.89. The van der Waals surface area contributed by atoms with E-state index in [1.165, 1.54) is 0 Å². The number of nitrogens with one attached hydrogen (secondary N) is 1. The Bertz CT molecular complexity index is 840. The average Bonchev–Trinajstić information content (AvgIpc) is 3.04. The lowest BCUT2D eigenvalue weighted by molar-refractivity contribution is -0.139. The number of carbonyl (C=O) groups excluding carboxylic acids is 1. The number of likely N-dealkylation sites (N-methyl/N-ethyl adjacent to an activating group) is 1. The van der Waals surface area contributed by atoms with Crippen LogP contribution < -0.4 is 10.1 Å². The number of carboxylic acids is 1. The van der Waals surface area contributed by atoms with Gasteiger partial charge in [-0.15, -0.1) is 0 Å². The third kappa shape index (κ3) is 4.33. The smallest absolute Gasteiger partial charge is 0.317 e. The molecule has 1 saturated carbocycles. The molecule has 0 spiro atoms. The van der Waals surface area contributed by atoms with E-state index in [4.69, 9.17) is 9.84 Å². The fraction of sp³-hybridized carbons (Fsp3) is 0.450. The van der Waals surface area contributed by atoms with Gasteiger partial charge in [0.2, 0.25) is 0 Å². The van der Waals surface area contributed by atoms with Crippen molar-refractivity contribution in [3.05, 3.63) is 41.7 Å². The number of aryl methyl sites for hydroxylation is 1. The van der Waals surface area contributed by atoms with Gasteiger partial charge in [-0.2, -0.15) is 5.10 Å². The normalized spacial score (nSPS) is 18.6. The Morgan fingerprint density at radius 2 is 2.00 bits per heavy atom. The molecule has 2 aromatic rings. The fourth-order valence-electron chi connectivity index (χ4n) is 3.51. The van der Waals surface area contributed by atoms with Gasteiger partial charge < -0.3 is 15.2 Å². The number of hydrogen-bond acceptors (Lipinski definition) is 5. The Kier molecular flexibility index (Phi) is 5.99. The number of amides is 1. The summed E-state index contributed by atoms with van der Waals surface area (Å²) in [6, 6.07) is 9.48. The number of aromatic nitrogens is 2. The number of benzene rings is 1. The van der Waals surface area contributed by atoms with Gasteiger partial charge in [0.15, 0.2) is 5.69 Å². The molecule has 0 unspecified atom stereocenters. The van der Waals surface area contributed by atoms with Crippen molar-refractivity contribution in [3.63, 3.8) is 0 Å². The minimum Gasteiger partial charge on any atom is -0.497 e. The van der Waals surface area contributed by atoms with E-state index in [9.17, 15) is 9.59 Å². The highest BCUT2D eigenvalue weighted by Gasteiger charge is 2.35. The molecular formula is C20H26N4O4. The number of nitrogens with zero attached hydrogens (tertiary/aromatic N) is 3. The molecule has 0 atom stereocenters. The maximum absolute atomic E-state index is 12.6. The van der Waals surface area contributed by atoms with Crippen LogP contribution in [0.2, 0.25) is 0 Å². The van der Waals surface area contributed by atoms with Gasteiger partial charge in [-0.25, -0.2) is 4.68 Å². The second kappa shape index (κ2) is 8.43. The summed E-state index contributed by atoms with van der Waals surface area (Å²) in [6.45, 7) is 4.57. The molecule has 1 aromatic heterocycles. The molecule has 3 rings (SSSR count). The van der Waals surface area contributed by atoms with Crippen molar-refractivity contribution in [2.24, 2.45) is 0 Å². The van der Waals surface area contributed by atoms with Crippen molar-refractivity contribution >= 4 is 11.9 Å². The van der Waals surface area contributed by atoms with Crippen molar-refractivity contribution < 1.29 is 19.4 Å². The summed E-state index contributed by atoms with van der Waals surface area (Å²) in [5, 5.41) is 16.4. The number of methoxy groups -OCH3 is 1. The largest absolute Gasteiger partial charge is 0.497 e. The van der Waals surface area contributed by atoms with E-state index in [2.05, 4.69) is 10.4 Å². The molecule has 8 nitrogen and oxygen atoms in total. The van der Waals surface area contributed by atoms with Gasteiger partial charge in [-0.1, -0.05) is 6.92 Å². The van der Waals surface area contributed by atoms with Crippen LogP contribution in [0.15, 0.2) is 30.3 Å². The molecule has 0 aliphatic heterocycles. The summed E-state index contributed by atoms with van der Waals surface area (Å²) in [6.07, 6.45) is 1.51. The second-order valence-electron chi connectivity index (χ2n) is 7.03. The second-order valence-corrected chi connectivity index (χ2v) is 7.03. The monoisotopic (exact) mass is 386 g/mol.